The summed E-state index contributed by atoms with van der Waals surface area (Å²) in [7, 11) is -4.06. The molecule has 27 heavy (non-hydrogen) atoms. The average molecular weight is 416 g/mol. The lowest BCUT2D eigenvalue weighted by molar-refractivity contribution is -0.221. The molecule has 0 bridgehead atoms. The topological polar surface area (TPSA) is 89.5 Å². The highest BCUT2D eigenvalue weighted by Gasteiger charge is 2.60. The van der Waals surface area contributed by atoms with E-state index in [1.165, 1.54) is 12.1 Å². The van der Waals surface area contributed by atoms with E-state index in [0.717, 1.165) is 5.56 Å². The molecule has 10 heteroatoms. The fourth-order valence-electron chi connectivity index (χ4n) is 3.32. The average Bonchev–Trinajstić information content (AvgIpc) is 3.21. The Morgan fingerprint density at radius 1 is 1.15 bits per heavy atom. The Bertz CT molecular complexity index is 835. The number of aryl methyl sites for hydroxylation is 1. The fraction of sp³-hybridized carbons (Fsp3) is 0.588. The molecule has 1 aromatic carbocycles. The highest BCUT2D eigenvalue weighted by molar-refractivity contribution is 7.86. The molecule has 3 aliphatic heterocycles. The van der Waals surface area contributed by atoms with Gasteiger partial charge in [0.15, 0.2) is 18.2 Å². The summed E-state index contributed by atoms with van der Waals surface area (Å²) in [5, 5.41) is -0.0111. The van der Waals surface area contributed by atoms with Crippen molar-refractivity contribution in [3.63, 3.8) is 0 Å². The highest BCUT2D eigenvalue weighted by atomic mass is 32.2. The molecule has 0 spiro atoms. The zero-order valence-corrected chi connectivity index (χ0v) is 16.6. The largest absolute Gasteiger partial charge is 0.453 e. The maximum absolute atomic E-state index is 12.8. The molecule has 148 valence electrons. The second kappa shape index (κ2) is 6.64. The third kappa shape index (κ3) is 3.69. The van der Waals surface area contributed by atoms with Crippen molar-refractivity contribution in [2.45, 2.75) is 62.2 Å². The number of hydrogen-bond donors (Lipinski definition) is 0. The van der Waals surface area contributed by atoms with Crippen LogP contribution in [0.3, 0.4) is 0 Å². The normalized spacial score (nSPS) is 34.9. The van der Waals surface area contributed by atoms with Gasteiger partial charge in [0.25, 0.3) is 10.1 Å². The quantitative estimate of drug-likeness (QED) is 0.537. The summed E-state index contributed by atoms with van der Waals surface area (Å²) in [6.07, 6.45) is -3.88. The van der Waals surface area contributed by atoms with E-state index in [2.05, 4.69) is 0 Å². The van der Waals surface area contributed by atoms with Gasteiger partial charge >= 0.3 is 5.24 Å². The molecule has 5 atom stereocenters. The summed E-state index contributed by atoms with van der Waals surface area (Å²) >= 11 is 4.88. The van der Waals surface area contributed by atoms with Gasteiger partial charge in [0, 0.05) is 12.2 Å². The molecule has 3 heterocycles. The molecule has 0 aromatic heterocycles. The van der Waals surface area contributed by atoms with Crippen LogP contribution in [0.25, 0.3) is 0 Å². The molecule has 8 nitrogen and oxygen atoms in total. The van der Waals surface area contributed by atoms with E-state index >= 15 is 0 Å². The lowest BCUT2D eigenvalue weighted by Crippen LogP contribution is -2.44. The molecule has 0 radical (unpaired) electrons. The van der Waals surface area contributed by atoms with Crippen molar-refractivity contribution in [3.8, 4) is 0 Å². The molecule has 0 saturated carbocycles. The van der Waals surface area contributed by atoms with Crippen LogP contribution in [0.1, 0.15) is 19.4 Å². The van der Waals surface area contributed by atoms with E-state index in [-0.39, 0.29) is 16.7 Å². The first-order chi connectivity index (χ1) is 12.6. The number of ether oxygens (including phenoxy) is 5. The van der Waals surface area contributed by atoms with Gasteiger partial charge in [-0.3, -0.25) is 4.18 Å². The maximum atomic E-state index is 12.8. The van der Waals surface area contributed by atoms with E-state index in [4.69, 9.17) is 40.1 Å². The maximum Gasteiger partial charge on any atom is 0.352 e. The molecule has 5 unspecified atom stereocenters. The van der Waals surface area contributed by atoms with Crippen molar-refractivity contribution in [2.75, 3.05) is 6.61 Å². The minimum absolute atomic E-state index is 0.0111. The predicted molar refractivity (Wildman–Crippen MR) is 95.4 cm³/mol. The summed E-state index contributed by atoms with van der Waals surface area (Å²) in [6, 6.07) is 6.39. The zero-order valence-electron chi connectivity index (χ0n) is 15.0. The van der Waals surface area contributed by atoms with Crippen LogP contribution < -0.4 is 0 Å². The minimum atomic E-state index is -4.06. The number of fused-ring (bicyclic) bond motifs is 1. The Morgan fingerprint density at radius 2 is 1.85 bits per heavy atom. The molecule has 3 aliphatic rings. The van der Waals surface area contributed by atoms with Crippen LogP contribution in [0.4, 0.5) is 0 Å². The summed E-state index contributed by atoms with van der Waals surface area (Å²) in [5.41, 5.74) is 0.940. The smallest absolute Gasteiger partial charge is 0.352 e. The fourth-order valence-corrected chi connectivity index (χ4v) is 4.61. The van der Waals surface area contributed by atoms with Crippen molar-refractivity contribution < 1.29 is 36.3 Å². The number of thiocarbonyl (C=S) groups is 1. The van der Waals surface area contributed by atoms with Gasteiger partial charge in [0.05, 0.1) is 4.90 Å². The molecule has 3 saturated heterocycles. The van der Waals surface area contributed by atoms with E-state index in [1.54, 1.807) is 26.0 Å². The van der Waals surface area contributed by atoms with Gasteiger partial charge in [-0.1, -0.05) is 17.7 Å². The highest BCUT2D eigenvalue weighted by Crippen LogP contribution is 2.41. The first kappa shape index (κ1) is 19.0. The van der Waals surface area contributed by atoms with E-state index in [0.29, 0.717) is 0 Å². The minimum Gasteiger partial charge on any atom is -0.453 e. The second-order valence-electron chi connectivity index (χ2n) is 7.11. The Labute approximate surface area is 162 Å². The SMILES string of the molecule is Cc1ccc(S(=O)(=O)OC2C(C3COC(=S)O3)OC3OC(C)(C)OC32)cc1. The van der Waals surface area contributed by atoms with Gasteiger partial charge in [-0.2, -0.15) is 8.42 Å². The van der Waals surface area contributed by atoms with Crippen LogP contribution in [0.2, 0.25) is 0 Å². The molecule has 0 amide bonds. The molecule has 0 aliphatic carbocycles. The third-order valence-corrected chi connectivity index (χ3v) is 6.09. The molecule has 1 aromatic rings. The Morgan fingerprint density at radius 3 is 2.48 bits per heavy atom. The number of hydrogen-bond acceptors (Lipinski definition) is 9. The van der Waals surface area contributed by atoms with Gasteiger partial charge in [-0.05, 0) is 32.9 Å². The Balaban J connectivity index is 1.61. The summed E-state index contributed by atoms with van der Waals surface area (Å²) in [5.74, 6) is -0.919. The van der Waals surface area contributed by atoms with Crippen LogP contribution in [0.15, 0.2) is 29.2 Å². The lowest BCUT2D eigenvalue weighted by atomic mass is 10.1. The Hall–Kier alpha value is -1.30. The zero-order chi connectivity index (χ0) is 19.4. The van der Waals surface area contributed by atoms with Crippen LogP contribution in [0, 0.1) is 6.92 Å². The molecule has 0 N–H and O–H groups in total. The monoisotopic (exact) mass is 416 g/mol. The van der Waals surface area contributed by atoms with Gasteiger partial charge in [-0.15, -0.1) is 0 Å². The molecular formula is C17H20O8S2. The van der Waals surface area contributed by atoms with E-state index < -0.39 is 46.6 Å². The third-order valence-electron chi connectivity index (χ3n) is 4.55. The van der Waals surface area contributed by atoms with Crippen molar-refractivity contribution >= 4 is 27.6 Å². The van der Waals surface area contributed by atoms with E-state index in [9.17, 15) is 8.42 Å². The van der Waals surface area contributed by atoms with Crippen LogP contribution in [-0.2, 0) is 38.0 Å². The van der Waals surface area contributed by atoms with Crippen molar-refractivity contribution in [1.82, 2.24) is 0 Å². The summed E-state index contributed by atoms with van der Waals surface area (Å²) in [4.78, 5) is 0.0487. The first-order valence-electron chi connectivity index (χ1n) is 8.49. The van der Waals surface area contributed by atoms with Gasteiger partial charge in [0.2, 0.25) is 0 Å². The van der Waals surface area contributed by atoms with Crippen LogP contribution in [0.5, 0.6) is 0 Å². The predicted octanol–water partition coefficient (Wildman–Crippen LogP) is 1.65. The summed E-state index contributed by atoms with van der Waals surface area (Å²) in [6.45, 7) is 5.45. The Kier molecular flexibility index (Phi) is 4.68. The van der Waals surface area contributed by atoms with Crippen molar-refractivity contribution in [2.24, 2.45) is 0 Å². The van der Waals surface area contributed by atoms with Crippen molar-refractivity contribution in [1.29, 1.82) is 0 Å². The van der Waals surface area contributed by atoms with Gasteiger partial charge in [-0.25, -0.2) is 0 Å². The van der Waals surface area contributed by atoms with Crippen LogP contribution in [-0.4, -0.2) is 56.8 Å². The molecule has 3 fully saturated rings. The molecule has 4 rings (SSSR count). The molecular weight excluding hydrogens is 396 g/mol. The van der Waals surface area contributed by atoms with E-state index in [1.807, 2.05) is 6.92 Å². The lowest BCUT2D eigenvalue weighted by Gasteiger charge is -2.27. The summed E-state index contributed by atoms with van der Waals surface area (Å²) < 4.78 is 59.2. The van der Waals surface area contributed by atoms with Gasteiger partial charge < -0.3 is 23.7 Å². The second-order valence-corrected chi connectivity index (χ2v) is 9.02. The van der Waals surface area contributed by atoms with Gasteiger partial charge in [0.1, 0.15) is 24.9 Å². The number of benzene rings is 1. The van der Waals surface area contributed by atoms with Crippen LogP contribution >= 0.6 is 12.2 Å². The standard InChI is InChI=1S/C17H20O8S2/c1-9-4-6-10(7-5-9)27(18,19)25-13-12(11-8-20-16(26)21-11)22-15-14(13)23-17(2,3)24-15/h4-7,11-15H,8H2,1-3H3. The van der Waals surface area contributed by atoms with Crippen molar-refractivity contribution in [3.05, 3.63) is 29.8 Å². The number of rotatable bonds is 4. The first-order valence-corrected chi connectivity index (χ1v) is 10.3.